The van der Waals surface area contributed by atoms with Crippen LogP contribution in [0.25, 0.3) is 0 Å². The number of phenols is 1. The Labute approximate surface area is 117 Å². The van der Waals surface area contributed by atoms with Crippen LogP contribution in [-0.2, 0) is 0 Å². The van der Waals surface area contributed by atoms with Gasteiger partial charge in [0.15, 0.2) is 0 Å². The van der Waals surface area contributed by atoms with Gasteiger partial charge in [0.25, 0.3) is 0 Å². The van der Waals surface area contributed by atoms with Crippen molar-refractivity contribution in [2.75, 3.05) is 0 Å². The molecule has 0 bridgehead atoms. The van der Waals surface area contributed by atoms with E-state index in [9.17, 15) is 5.11 Å². The van der Waals surface area contributed by atoms with Crippen molar-refractivity contribution in [1.82, 2.24) is 0 Å². The highest BCUT2D eigenvalue weighted by Gasteiger charge is 2.36. The predicted octanol–water partition coefficient (Wildman–Crippen LogP) is 5.08. The lowest BCUT2D eigenvalue weighted by molar-refractivity contribution is 0.144. The van der Waals surface area contributed by atoms with Gasteiger partial charge in [0.05, 0.1) is 0 Å². The SMILES string of the molecule is Cc1cc(O)c(C)c(C2CCCC3CCCCC32)c1. The first-order valence-corrected chi connectivity index (χ1v) is 7.97. The Morgan fingerprint density at radius 1 is 0.947 bits per heavy atom. The summed E-state index contributed by atoms with van der Waals surface area (Å²) in [6.07, 6.45) is 9.84. The number of hydrogen-bond acceptors (Lipinski definition) is 1. The molecule has 0 saturated heterocycles. The number of rotatable bonds is 1. The lowest BCUT2D eigenvalue weighted by Crippen LogP contribution is -2.30. The summed E-state index contributed by atoms with van der Waals surface area (Å²) in [7, 11) is 0. The van der Waals surface area contributed by atoms with Gasteiger partial charge in [0, 0.05) is 0 Å². The third kappa shape index (κ3) is 2.40. The van der Waals surface area contributed by atoms with Crippen molar-refractivity contribution < 1.29 is 5.11 Å². The average molecular weight is 258 g/mol. The Bertz CT molecular complexity index is 461. The zero-order valence-corrected chi connectivity index (χ0v) is 12.3. The molecule has 0 aliphatic heterocycles. The molecule has 1 N–H and O–H groups in total. The Morgan fingerprint density at radius 2 is 1.68 bits per heavy atom. The van der Waals surface area contributed by atoms with Gasteiger partial charge in [-0.25, -0.2) is 0 Å². The average Bonchev–Trinajstić information content (AvgIpc) is 2.42. The van der Waals surface area contributed by atoms with Gasteiger partial charge in [-0.15, -0.1) is 0 Å². The van der Waals surface area contributed by atoms with Crippen LogP contribution in [0.3, 0.4) is 0 Å². The third-order valence-electron chi connectivity index (χ3n) is 5.54. The Kier molecular flexibility index (Phi) is 3.56. The van der Waals surface area contributed by atoms with E-state index in [-0.39, 0.29) is 0 Å². The lowest BCUT2D eigenvalue weighted by Gasteiger charge is -2.42. The molecule has 1 aromatic carbocycles. The highest BCUT2D eigenvalue weighted by atomic mass is 16.3. The second kappa shape index (κ2) is 5.19. The maximum Gasteiger partial charge on any atom is 0.119 e. The number of aryl methyl sites for hydroxylation is 1. The van der Waals surface area contributed by atoms with Crippen LogP contribution in [0.5, 0.6) is 5.75 Å². The summed E-state index contributed by atoms with van der Waals surface area (Å²) in [5.41, 5.74) is 3.77. The number of phenolic OH excluding ortho intramolecular Hbond substituents is 1. The van der Waals surface area contributed by atoms with Crippen molar-refractivity contribution in [1.29, 1.82) is 0 Å². The molecule has 1 aromatic rings. The maximum absolute atomic E-state index is 10.1. The van der Waals surface area contributed by atoms with Gasteiger partial charge in [-0.1, -0.05) is 38.2 Å². The summed E-state index contributed by atoms with van der Waals surface area (Å²) in [5.74, 6) is 3.02. The molecule has 0 aromatic heterocycles. The molecule has 3 rings (SSSR count). The normalized spacial score (nSPS) is 30.9. The minimum absolute atomic E-state index is 0.493. The summed E-state index contributed by atoms with van der Waals surface area (Å²) in [6, 6.07) is 4.23. The maximum atomic E-state index is 10.1. The first-order valence-electron chi connectivity index (χ1n) is 7.97. The van der Waals surface area contributed by atoms with E-state index in [2.05, 4.69) is 19.9 Å². The Balaban J connectivity index is 1.96. The smallest absolute Gasteiger partial charge is 0.119 e. The van der Waals surface area contributed by atoms with Gasteiger partial charge < -0.3 is 5.11 Å². The Hall–Kier alpha value is -0.980. The quantitative estimate of drug-likeness (QED) is 0.744. The summed E-state index contributed by atoms with van der Waals surface area (Å²) < 4.78 is 0. The standard InChI is InChI=1S/C18H26O/c1-12-10-17(13(2)18(19)11-12)16-9-5-7-14-6-3-4-8-15(14)16/h10-11,14-16,19H,3-9H2,1-2H3. The second-order valence-electron chi connectivity index (χ2n) is 6.74. The van der Waals surface area contributed by atoms with E-state index >= 15 is 0 Å². The first kappa shape index (κ1) is 13.0. The molecule has 0 amide bonds. The second-order valence-corrected chi connectivity index (χ2v) is 6.74. The molecule has 1 nitrogen and oxygen atoms in total. The molecule has 104 valence electrons. The fourth-order valence-electron chi connectivity index (χ4n) is 4.58. The minimum atomic E-state index is 0.493. The van der Waals surface area contributed by atoms with Crippen LogP contribution in [0.2, 0.25) is 0 Å². The molecule has 2 fully saturated rings. The summed E-state index contributed by atoms with van der Waals surface area (Å²) >= 11 is 0. The molecule has 0 radical (unpaired) electrons. The fraction of sp³-hybridized carbons (Fsp3) is 0.667. The zero-order chi connectivity index (χ0) is 13.4. The highest BCUT2D eigenvalue weighted by molar-refractivity contribution is 5.44. The van der Waals surface area contributed by atoms with E-state index in [1.807, 2.05) is 6.07 Å². The largest absolute Gasteiger partial charge is 0.508 e. The molecule has 2 aliphatic rings. The number of hydrogen-bond donors (Lipinski definition) is 1. The monoisotopic (exact) mass is 258 g/mol. The molecule has 0 spiro atoms. The van der Waals surface area contributed by atoms with E-state index < -0.39 is 0 Å². The fourth-order valence-corrected chi connectivity index (χ4v) is 4.58. The molecular formula is C18H26O. The minimum Gasteiger partial charge on any atom is -0.508 e. The van der Waals surface area contributed by atoms with Gasteiger partial charge in [-0.2, -0.15) is 0 Å². The predicted molar refractivity (Wildman–Crippen MR) is 79.6 cm³/mol. The number of benzene rings is 1. The summed E-state index contributed by atoms with van der Waals surface area (Å²) in [4.78, 5) is 0. The van der Waals surface area contributed by atoms with Crippen LogP contribution in [0, 0.1) is 25.7 Å². The van der Waals surface area contributed by atoms with Gasteiger partial charge in [0.2, 0.25) is 0 Å². The first-order chi connectivity index (χ1) is 9.16. The molecule has 19 heavy (non-hydrogen) atoms. The molecule has 2 aliphatic carbocycles. The van der Waals surface area contributed by atoms with Crippen LogP contribution < -0.4 is 0 Å². The van der Waals surface area contributed by atoms with Crippen LogP contribution >= 0.6 is 0 Å². The van der Waals surface area contributed by atoms with Crippen LogP contribution in [0.15, 0.2) is 12.1 Å². The van der Waals surface area contributed by atoms with E-state index in [0.29, 0.717) is 11.7 Å². The van der Waals surface area contributed by atoms with Crippen LogP contribution in [0.4, 0.5) is 0 Å². The topological polar surface area (TPSA) is 20.2 Å². The van der Waals surface area contributed by atoms with Crippen molar-refractivity contribution in [2.45, 2.75) is 64.7 Å². The molecule has 0 heterocycles. The zero-order valence-electron chi connectivity index (χ0n) is 12.3. The van der Waals surface area contributed by atoms with E-state index in [0.717, 1.165) is 17.4 Å². The third-order valence-corrected chi connectivity index (χ3v) is 5.54. The van der Waals surface area contributed by atoms with E-state index in [1.54, 1.807) is 0 Å². The number of aromatic hydroxyl groups is 1. The van der Waals surface area contributed by atoms with Crippen LogP contribution in [0.1, 0.15) is 67.6 Å². The van der Waals surface area contributed by atoms with E-state index in [4.69, 9.17) is 0 Å². The van der Waals surface area contributed by atoms with Gasteiger partial charge in [0.1, 0.15) is 5.75 Å². The molecular weight excluding hydrogens is 232 g/mol. The molecule has 3 atom stereocenters. The Morgan fingerprint density at radius 3 is 2.53 bits per heavy atom. The van der Waals surface area contributed by atoms with Gasteiger partial charge in [-0.3, -0.25) is 0 Å². The summed E-state index contributed by atoms with van der Waals surface area (Å²) in [5, 5.41) is 10.1. The number of fused-ring (bicyclic) bond motifs is 1. The van der Waals surface area contributed by atoms with Gasteiger partial charge >= 0.3 is 0 Å². The van der Waals surface area contributed by atoms with Crippen molar-refractivity contribution >= 4 is 0 Å². The lowest BCUT2D eigenvalue weighted by atomic mass is 9.63. The molecule has 1 heteroatoms. The van der Waals surface area contributed by atoms with Crippen molar-refractivity contribution in [3.63, 3.8) is 0 Å². The highest BCUT2D eigenvalue weighted by Crippen LogP contribution is 2.49. The van der Waals surface area contributed by atoms with Crippen molar-refractivity contribution in [2.24, 2.45) is 11.8 Å². The van der Waals surface area contributed by atoms with E-state index in [1.165, 1.54) is 56.1 Å². The molecule has 2 saturated carbocycles. The van der Waals surface area contributed by atoms with Gasteiger partial charge in [-0.05, 0) is 67.2 Å². The van der Waals surface area contributed by atoms with Crippen molar-refractivity contribution in [3.8, 4) is 5.75 Å². The van der Waals surface area contributed by atoms with Crippen LogP contribution in [-0.4, -0.2) is 5.11 Å². The van der Waals surface area contributed by atoms with Crippen molar-refractivity contribution in [3.05, 3.63) is 28.8 Å². The summed E-state index contributed by atoms with van der Waals surface area (Å²) in [6.45, 7) is 4.19. The molecule has 3 unspecified atom stereocenters.